The number of pyridine rings is 1. The number of nitrogens with zero attached hydrogens (tertiary/aromatic N) is 1. The minimum atomic E-state index is -0.878. The molecule has 3 rings (SSSR count). The van der Waals surface area contributed by atoms with E-state index in [4.69, 9.17) is 21.1 Å². The summed E-state index contributed by atoms with van der Waals surface area (Å²) < 4.78 is 11.3. The molecule has 0 saturated heterocycles. The molecule has 1 aromatic heterocycles. The molecule has 0 N–H and O–H groups in total. The number of aromatic nitrogens is 1. The van der Waals surface area contributed by atoms with Crippen molar-refractivity contribution in [1.29, 1.82) is 0 Å². The second kappa shape index (κ2) is 5.76. The van der Waals surface area contributed by atoms with Gasteiger partial charge in [0.2, 0.25) is 5.60 Å². The number of hydrogen-bond acceptors (Lipinski definition) is 4. The number of fused-ring (bicyclic) bond motifs is 1. The van der Waals surface area contributed by atoms with Crippen LogP contribution in [0.2, 0.25) is 5.15 Å². The maximum Gasteiger partial charge on any atom is 0.350 e. The lowest BCUT2D eigenvalue weighted by Crippen LogP contribution is -2.51. The standard InChI is InChI=1S/C17H18ClNO3/c1-3-21-16(20)17(7-4-8-17)22-14-10-15(18)19-13-6-5-11(2)9-12(13)14/h5-6,9-10H,3-4,7-8H2,1-2H3. The van der Waals surface area contributed by atoms with E-state index in [-0.39, 0.29) is 5.97 Å². The van der Waals surface area contributed by atoms with Crippen LogP contribution in [0.15, 0.2) is 24.3 Å². The molecule has 0 spiro atoms. The molecule has 1 fully saturated rings. The summed E-state index contributed by atoms with van der Waals surface area (Å²) in [6.07, 6.45) is 2.28. The minimum absolute atomic E-state index is 0.296. The SMILES string of the molecule is CCOC(=O)C1(Oc2cc(Cl)nc3ccc(C)cc23)CCC1. The van der Waals surface area contributed by atoms with Gasteiger partial charge in [-0.25, -0.2) is 9.78 Å². The van der Waals surface area contributed by atoms with Crippen LogP contribution < -0.4 is 4.74 Å². The summed E-state index contributed by atoms with van der Waals surface area (Å²) in [7, 11) is 0. The Bertz CT molecular complexity index is 725. The topological polar surface area (TPSA) is 48.4 Å². The first-order valence-corrected chi connectivity index (χ1v) is 7.85. The van der Waals surface area contributed by atoms with Gasteiger partial charge in [0.25, 0.3) is 0 Å². The van der Waals surface area contributed by atoms with E-state index in [2.05, 4.69) is 4.98 Å². The van der Waals surface area contributed by atoms with Gasteiger partial charge in [0, 0.05) is 11.5 Å². The molecular weight excluding hydrogens is 302 g/mol. The Kier molecular flexibility index (Phi) is 3.96. The van der Waals surface area contributed by atoms with Gasteiger partial charge < -0.3 is 9.47 Å². The van der Waals surface area contributed by atoms with Gasteiger partial charge >= 0.3 is 5.97 Å². The number of hydrogen-bond donors (Lipinski definition) is 0. The Morgan fingerprint density at radius 1 is 1.36 bits per heavy atom. The van der Waals surface area contributed by atoms with E-state index in [1.54, 1.807) is 13.0 Å². The van der Waals surface area contributed by atoms with Crippen molar-refractivity contribution >= 4 is 28.5 Å². The third-order valence-electron chi connectivity index (χ3n) is 4.01. The molecule has 116 valence electrons. The van der Waals surface area contributed by atoms with Crippen molar-refractivity contribution in [3.8, 4) is 5.75 Å². The normalized spacial score (nSPS) is 16.1. The van der Waals surface area contributed by atoms with Gasteiger partial charge in [0.15, 0.2) is 0 Å². The molecule has 1 saturated carbocycles. The highest BCUT2D eigenvalue weighted by atomic mass is 35.5. The van der Waals surface area contributed by atoms with Crippen LogP contribution in [0.5, 0.6) is 5.75 Å². The Labute approximate surface area is 134 Å². The summed E-state index contributed by atoms with van der Waals surface area (Å²) in [6, 6.07) is 7.54. The summed E-state index contributed by atoms with van der Waals surface area (Å²) in [5, 5.41) is 1.21. The first-order chi connectivity index (χ1) is 10.5. The number of carbonyl (C=O) groups excluding carboxylic acids is 1. The number of benzene rings is 1. The van der Waals surface area contributed by atoms with E-state index in [1.165, 1.54) is 0 Å². The predicted octanol–water partition coefficient (Wildman–Crippen LogP) is 4.06. The molecule has 0 bridgehead atoms. The van der Waals surface area contributed by atoms with Crippen molar-refractivity contribution in [1.82, 2.24) is 4.98 Å². The quantitative estimate of drug-likeness (QED) is 0.630. The highest BCUT2D eigenvalue weighted by molar-refractivity contribution is 6.30. The molecule has 1 aliphatic rings. The maximum absolute atomic E-state index is 12.2. The van der Waals surface area contributed by atoms with Gasteiger partial charge in [-0.2, -0.15) is 0 Å². The van der Waals surface area contributed by atoms with Gasteiger partial charge in [-0.3, -0.25) is 0 Å². The van der Waals surface area contributed by atoms with Crippen LogP contribution in [0.4, 0.5) is 0 Å². The average molecular weight is 320 g/mol. The van der Waals surface area contributed by atoms with E-state index in [9.17, 15) is 4.79 Å². The van der Waals surface area contributed by atoms with Crippen LogP contribution in [-0.2, 0) is 9.53 Å². The maximum atomic E-state index is 12.2. The Morgan fingerprint density at radius 3 is 2.77 bits per heavy atom. The molecule has 2 aromatic rings. The van der Waals surface area contributed by atoms with Gasteiger partial charge in [-0.05, 0) is 45.2 Å². The molecule has 0 atom stereocenters. The van der Waals surface area contributed by atoms with E-state index >= 15 is 0 Å². The van der Waals surface area contributed by atoms with Crippen LogP contribution in [-0.4, -0.2) is 23.2 Å². The molecule has 1 heterocycles. The van der Waals surface area contributed by atoms with Crippen LogP contribution >= 0.6 is 11.6 Å². The second-order valence-electron chi connectivity index (χ2n) is 5.63. The van der Waals surface area contributed by atoms with E-state index in [0.717, 1.165) is 22.9 Å². The zero-order chi connectivity index (χ0) is 15.7. The summed E-state index contributed by atoms with van der Waals surface area (Å²) >= 11 is 6.09. The zero-order valence-corrected chi connectivity index (χ0v) is 13.4. The minimum Gasteiger partial charge on any atom is -0.475 e. The Morgan fingerprint density at radius 2 is 2.14 bits per heavy atom. The molecule has 5 heteroatoms. The Hall–Kier alpha value is -1.81. The van der Waals surface area contributed by atoms with Gasteiger partial charge in [0.05, 0.1) is 12.1 Å². The molecule has 0 unspecified atom stereocenters. The second-order valence-corrected chi connectivity index (χ2v) is 6.02. The highest BCUT2D eigenvalue weighted by Gasteiger charge is 2.48. The van der Waals surface area contributed by atoms with Gasteiger partial charge in [-0.15, -0.1) is 0 Å². The number of aryl methyl sites for hydroxylation is 1. The van der Waals surface area contributed by atoms with Gasteiger partial charge in [0.1, 0.15) is 10.9 Å². The first kappa shape index (κ1) is 15.1. The fraction of sp³-hybridized carbons (Fsp3) is 0.412. The third-order valence-corrected chi connectivity index (χ3v) is 4.20. The Balaban J connectivity index is 2.02. The molecule has 0 aliphatic heterocycles. The fourth-order valence-corrected chi connectivity index (χ4v) is 2.87. The van der Waals surface area contributed by atoms with E-state index < -0.39 is 5.60 Å². The number of ether oxygens (including phenoxy) is 2. The highest BCUT2D eigenvalue weighted by Crippen LogP contribution is 2.40. The summed E-state index contributed by atoms with van der Waals surface area (Å²) in [4.78, 5) is 16.5. The lowest BCUT2D eigenvalue weighted by atomic mass is 9.80. The molecule has 4 nitrogen and oxygen atoms in total. The average Bonchev–Trinajstić information content (AvgIpc) is 2.43. The summed E-state index contributed by atoms with van der Waals surface area (Å²) in [6.45, 7) is 4.15. The molecule has 1 aromatic carbocycles. The smallest absolute Gasteiger partial charge is 0.350 e. The van der Waals surface area contributed by atoms with Crippen LogP contribution in [0.3, 0.4) is 0 Å². The van der Waals surface area contributed by atoms with Crippen molar-refractivity contribution in [3.05, 3.63) is 35.0 Å². The van der Waals surface area contributed by atoms with Crippen molar-refractivity contribution in [2.75, 3.05) is 6.61 Å². The van der Waals surface area contributed by atoms with Crippen molar-refractivity contribution in [3.63, 3.8) is 0 Å². The van der Waals surface area contributed by atoms with Crippen LogP contribution in [0.1, 0.15) is 31.7 Å². The molecule has 1 aliphatic carbocycles. The lowest BCUT2D eigenvalue weighted by Gasteiger charge is -2.39. The van der Waals surface area contributed by atoms with Crippen LogP contribution in [0.25, 0.3) is 10.9 Å². The predicted molar refractivity (Wildman–Crippen MR) is 85.3 cm³/mol. The third kappa shape index (κ3) is 2.63. The lowest BCUT2D eigenvalue weighted by molar-refractivity contribution is -0.169. The van der Waals surface area contributed by atoms with Crippen molar-refractivity contribution < 1.29 is 14.3 Å². The monoisotopic (exact) mass is 319 g/mol. The number of esters is 1. The zero-order valence-electron chi connectivity index (χ0n) is 12.7. The first-order valence-electron chi connectivity index (χ1n) is 7.47. The largest absolute Gasteiger partial charge is 0.475 e. The van der Waals surface area contributed by atoms with Crippen molar-refractivity contribution in [2.45, 2.75) is 38.7 Å². The van der Waals surface area contributed by atoms with E-state index in [1.807, 2.05) is 25.1 Å². The van der Waals surface area contributed by atoms with Crippen molar-refractivity contribution in [2.24, 2.45) is 0 Å². The van der Waals surface area contributed by atoms with Gasteiger partial charge in [-0.1, -0.05) is 23.2 Å². The fourth-order valence-electron chi connectivity index (χ4n) is 2.68. The molecule has 22 heavy (non-hydrogen) atoms. The number of halogens is 1. The summed E-state index contributed by atoms with van der Waals surface area (Å²) in [5.74, 6) is 0.293. The van der Waals surface area contributed by atoms with E-state index in [0.29, 0.717) is 30.4 Å². The number of carbonyl (C=O) groups is 1. The molecular formula is C17H18ClNO3. The molecule has 0 radical (unpaired) electrons. The van der Waals surface area contributed by atoms with Crippen LogP contribution in [0, 0.1) is 6.92 Å². The molecule has 0 amide bonds. The number of rotatable bonds is 4. The summed E-state index contributed by atoms with van der Waals surface area (Å²) in [5.41, 5.74) is 0.976.